The third-order valence-corrected chi connectivity index (χ3v) is 3.27. The van der Waals surface area contributed by atoms with Crippen molar-refractivity contribution in [2.45, 2.75) is 18.4 Å². The van der Waals surface area contributed by atoms with E-state index in [0.717, 1.165) is 0 Å². The minimum absolute atomic E-state index is 0.0990. The summed E-state index contributed by atoms with van der Waals surface area (Å²) in [4.78, 5) is 25.4. The van der Waals surface area contributed by atoms with E-state index in [9.17, 15) is 9.59 Å². The number of amides is 2. The molecule has 1 saturated heterocycles. The molecule has 5 heteroatoms. The number of likely N-dealkylation sites (N-methyl/N-ethyl adjacent to an activating group) is 1. The second kappa shape index (κ2) is 5.53. The zero-order valence-electron chi connectivity index (χ0n) is 10.7. The number of benzene rings is 1. The Hall–Kier alpha value is -2.35. The fourth-order valence-corrected chi connectivity index (χ4v) is 2.14. The Kier molecular flexibility index (Phi) is 3.81. The zero-order chi connectivity index (χ0) is 13.8. The van der Waals surface area contributed by atoms with Crippen molar-refractivity contribution in [3.63, 3.8) is 0 Å². The van der Waals surface area contributed by atoms with Crippen LogP contribution in [0.3, 0.4) is 0 Å². The summed E-state index contributed by atoms with van der Waals surface area (Å²) in [6, 6.07) is 10.3. The molecular weight excluding hydrogens is 242 g/mol. The molecule has 1 aromatic carbocycles. The van der Waals surface area contributed by atoms with Crippen LogP contribution >= 0.6 is 0 Å². The van der Waals surface area contributed by atoms with E-state index in [2.05, 4.69) is 5.32 Å². The van der Waals surface area contributed by atoms with Gasteiger partial charge >= 0.3 is 0 Å². The summed E-state index contributed by atoms with van der Waals surface area (Å²) >= 11 is 0. The second-order valence-electron chi connectivity index (χ2n) is 4.58. The summed E-state index contributed by atoms with van der Waals surface area (Å²) in [5.74, 6) is -1.39. The van der Waals surface area contributed by atoms with Gasteiger partial charge in [0.1, 0.15) is 12.0 Å². The average Bonchev–Trinajstić information content (AvgIpc) is 2.73. The molecule has 2 amide bonds. The van der Waals surface area contributed by atoms with E-state index in [1.165, 1.54) is 0 Å². The normalized spacial score (nSPS) is 19.9. The first kappa shape index (κ1) is 13.1. The van der Waals surface area contributed by atoms with Gasteiger partial charge in [0, 0.05) is 13.6 Å². The van der Waals surface area contributed by atoms with E-state index in [0.29, 0.717) is 18.5 Å². The maximum absolute atomic E-state index is 12.1. The second-order valence-corrected chi connectivity index (χ2v) is 4.58. The van der Waals surface area contributed by atoms with Crippen molar-refractivity contribution >= 4 is 11.8 Å². The van der Waals surface area contributed by atoms with Crippen LogP contribution in [0.2, 0.25) is 0 Å². The number of carbonyl (C=O) groups excluding carboxylic acids is 2. The molecule has 1 fully saturated rings. The zero-order valence-corrected chi connectivity index (χ0v) is 10.7. The Morgan fingerprint density at radius 3 is 2.68 bits per heavy atom. The molecule has 0 aromatic heterocycles. The summed E-state index contributed by atoms with van der Waals surface area (Å²) in [5.41, 5.74) is 0.640. The van der Waals surface area contributed by atoms with Crippen LogP contribution in [0.15, 0.2) is 30.3 Å². The summed E-state index contributed by atoms with van der Waals surface area (Å²) in [6.07, 6.45) is 0.591. The Balaban J connectivity index is 2.07. The van der Waals surface area contributed by atoms with Crippen LogP contribution in [-0.2, 0) is 9.59 Å². The smallest absolute Gasteiger partial charge is 0.244 e. The highest BCUT2D eigenvalue weighted by atomic mass is 16.2. The lowest BCUT2D eigenvalue weighted by molar-refractivity contribution is -0.131. The first-order valence-corrected chi connectivity index (χ1v) is 6.13. The number of carbonyl (C=O) groups is 2. The van der Waals surface area contributed by atoms with Gasteiger partial charge in [-0.05, 0) is 12.0 Å². The van der Waals surface area contributed by atoms with Gasteiger partial charge in [-0.25, -0.2) is 0 Å². The van der Waals surface area contributed by atoms with Crippen LogP contribution in [0.25, 0.3) is 0 Å². The van der Waals surface area contributed by atoms with Crippen molar-refractivity contribution in [1.82, 2.24) is 10.2 Å². The fraction of sp³-hybridized carbons (Fsp3) is 0.357. The van der Waals surface area contributed by atoms with Crippen LogP contribution in [-0.4, -0.2) is 36.3 Å². The molecule has 0 aliphatic carbocycles. The Bertz CT molecular complexity index is 521. The van der Waals surface area contributed by atoms with E-state index in [4.69, 9.17) is 5.26 Å². The van der Waals surface area contributed by atoms with Gasteiger partial charge in [0.25, 0.3) is 0 Å². The monoisotopic (exact) mass is 257 g/mol. The van der Waals surface area contributed by atoms with Gasteiger partial charge in [-0.2, -0.15) is 5.26 Å². The van der Waals surface area contributed by atoms with Crippen molar-refractivity contribution in [2.24, 2.45) is 0 Å². The van der Waals surface area contributed by atoms with Crippen molar-refractivity contribution < 1.29 is 9.59 Å². The molecule has 19 heavy (non-hydrogen) atoms. The molecule has 5 nitrogen and oxygen atoms in total. The largest absolute Gasteiger partial charge is 0.344 e. The van der Waals surface area contributed by atoms with Crippen LogP contribution in [0.5, 0.6) is 0 Å². The summed E-state index contributed by atoms with van der Waals surface area (Å²) in [7, 11) is 1.70. The Morgan fingerprint density at radius 1 is 1.47 bits per heavy atom. The minimum Gasteiger partial charge on any atom is -0.344 e. The molecule has 0 bridgehead atoms. The van der Waals surface area contributed by atoms with Gasteiger partial charge in [0.2, 0.25) is 11.8 Å². The minimum atomic E-state index is -0.875. The molecular formula is C14H15N3O2. The fourth-order valence-electron chi connectivity index (χ4n) is 2.14. The number of nitrogens with zero attached hydrogens (tertiary/aromatic N) is 2. The molecule has 0 radical (unpaired) electrons. The molecule has 2 rings (SSSR count). The van der Waals surface area contributed by atoms with Crippen LogP contribution in [0.4, 0.5) is 0 Å². The Labute approximate surface area is 111 Å². The van der Waals surface area contributed by atoms with Crippen molar-refractivity contribution in [2.75, 3.05) is 13.6 Å². The molecule has 2 unspecified atom stereocenters. The van der Waals surface area contributed by atoms with Crippen LogP contribution in [0.1, 0.15) is 17.9 Å². The number of rotatable bonds is 3. The Morgan fingerprint density at radius 2 is 2.16 bits per heavy atom. The molecule has 1 aliphatic heterocycles. The van der Waals surface area contributed by atoms with Gasteiger partial charge < -0.3 is 10.2 Å². The number of likely N-dealkylation sites (tertiary alicyclic amines) is 1. The molecule has 1 heterocycles. The molecule has 2 atom stereocenters. The molecule has 0 saturated carbocycles. The lowest BCUT2D eigenvalue weighted by Crippen LogP contribution is -2.42. The van der Waals surface area contributed by atoms with E-state index in [1.807, 2.05) is 12.1 Å². The SMILES string of the molecule is CN1CCC(NC(=O)C(C#N)c2ccccc2)C1=O. The highest BCUT2D eigenvalue weighted by Gasteiger charge is 2.32. The molecule has 98 valence electrons. The van der Waals surface area contributed by atoms with E-state index in [-0.39, 0.29) is 5.91 Å². The predicted molar refractivity (Wildman–Crippen MR) is 69.0 cm³/mol. The lowest BCUT2D eigenvalue weighted by Gasteiger charge is -2.15. The van der Waals surface area contributed by atoms with Gasteiger partial charge in [-0.1, -0.05) is 30.3 Å². The highest BCUT2D eigenvalue weighted by Crippen LogP contribution is 2.16. The lowest BCUT2D eigenvalue weighted by atomic mass is 9.99. The van der Waals surface area contributed by atoms with E-state index < -0.39 is 17.9 Å². The van der Waals surface area contributed by atoms with Crippen molar-refractivity contribution in [3.05, 3.63) is 35.9 Å². The number of nitrogens with one attached hydrogen (secondary N) is 1. The molecule has 1 aliphatic rings. The van der Waals surface area contributed by atoms with E-state index >= 15 is 0 Å². The third-order valence-electron chi connectivity index (χ3n) is 3.27. The molecule has 1 aromatic rings. The van der Waals surface area contributed by atoms with E-state index in [1.54, 1.807) is 36.2 Å². The average molecular weight is 257 g/mol. The maximum atomic E-state index is 12.1. The summed E-state index contributed by atoms with van der Waals surface area (Å²) in [6.45, 7) is 0.631. The molecule has 0 spiro atoms. The number of hydrogen-bond donors (Lipinski definition) is 1. The standard InChI is InChI=1S/C14H15N3O2/c1-17-8-7-12(14(17)19)16-13(18)11(9-15)10-5-3-2-4-6-10/h2-6,11-12H,7-8H2,1H3,(H,16,18). The van der Waals surface area contributed by atoms with Crippen molar-refractivity contribution in [3.8, 4) is 6.07 Å². The number of nitriles is 1. The third kappa shape index (κ3) is 2.74. The van der Waals surface area contributed by atoms with Crippen molar-refractivity contribution in [1.29, 1.82) is 5.26 Å². The van der Waals surface area contributed by atoms with Gasteiger partial charge in [0.05, 0.1) is 6.07 Å². The van der Waals surface area contributed by atoms with Gasteiger partial charge in [-0.15, -0.1) is 0 Å². The quantitative estimate of drug-likeness (QED) is 0.863. The first-order chi connectivity index (χ1) is 9.13. The first-order valence-electron chi connectivity index (χ1n) is 6.13. The number of hydrogen-bond acceptors (Lipinski definition) is 3. The highest BCUT2D eigenvalue weighted by molar-refractivity contribution is 5.92. The van der Waals surface area contributed by atoms with Gasteiger partial charge in [-0.3, -0.25) is 9.59 Å². The summed E-state index contributed by atoms with van der Waals surface area (Å²) < 4.78 is 0. The summed E-state index contributed by atoms with van der Waals surface area (Å²) in [5, 5.41) is 11.8. The maximum Gasteiger partial charge on any atom is 0.244 e. The van der Waals surface area contributed by atoms with Crippen LogP contribution < -0.4 is 5.32 Å². The van der Waals surface area contributed by atoms with Crippen LogP contribution in [0, 0.1) is 11.3 Å². The molecule has 1 N–H and O–H groups in total. The van der Waals surface area contributed by atoms with Gasteiger partial charge in [0.15, 0.2) is 0 Å². The predicted octanol–water partition coefficient (Wildman–Crippen LogP) is 0.641. The topological polar surface area (TPSA) is 73.2 Å².